The Morgan fingerprint density at radius 2 is 1.23 bits per heavy atom. The highest BCUT2D eigenvalue weighted by molar-refractivity contribution is 7.26. The van der Waals surface area contributed by atoms with Crippen LogP contribution in [0.1, 0.15) is 100 Å². The van der Waals surface area contributed by atoms with Gasteiger partial charge in [-0.3, -0.25) is 0 Å². The van der Waals surface area contributed by atoms with E-state index in [1.54, 1.807) is 0 Å². The highest BCUT2D eigenvalue weighted by Gasteiger charge is 2.47. The van der Waals surface area contributed by atoms with Crippen LogP contribution in [0, 0.1) is 27.7 Å². The Labute approximate surface area is 341 Å². The van der Waals surface area contributed by atoms with Crippen molar-refractivity contribution in [3.8, 4) is 23.0 Å². The highest BCUT2D eigenvalue weighted by Crippen LogP contribution is 2.54. The molecule has 0 fully saturated rings. The zero-order valence-corrected chi connectivity index (χ0v) is 36.1. The van der Waals surface area contributed by atoms with Crippen molar-refractivity contribution in [2.45, 2.75) is 99.8 Å². The molecule has 0 N–H and O–H groups in total. The van der Waals surface area contributed by atoms with Crippen LogP contribution in [0.3, 0.4) is 0 Å². The van der Waals surface area contributed by atoms with E-state index in [1.165, 1.54) is 76.4 Å². The smallest absolute Gasteiger partial charge is 0.254 e. The van der Waals surface area contributed by atoms with E-state index in [0.29, 0.717) is 0 Å². The van der Waals surface area contributed by atoms with Crippen molar-refractivity contribution in [3.63, 3.8) is 0 Å². The lowest BCUT2D eigenvalue weighted by Crippen LogP contribution is -2.61. The molecule has 8 heteroatoms. The Morgan fingerprint density at radius 3 is 1.89 bits per heavy atom. The van der Waals surface area contributed by atoms with Crippen LogP contribution in [0.5, 0.6) is 23.0 Å². The lowest BCUT2D eigenvalue weighted by atomic mass is 9.33. The molecule has 6 nitrogen and oxygen atoms in total. The average Bonchev–Trinajstić information content (AvgIpc) is 3.89. The molecular weight excluding hydrogens is 723 g/mol. The summed E-state index contributed by atoms with van der Waals surface area (Å²) >= 11 is 1.89. The second-order valence-corrected chi connectivity index (χ2v) is 19.9. The van der Waals surface area contributed by atoms with Gasteiger partial charge in [-0.2, -0.15) is 0 Å². The number of nitrogens with zero attached hydrogens (tertiary/aromatic N) is 2. The molecule has 57 heavy (non-hydrogen) atoms. The minimum atomic E-state index is -0.0590. The summed E-state index contributed by atoms with van der Waals surface area (Å²) in [6, 6.07) is 23.5. The molecular formula is C49H51BN2O4S. The second-order valence-electron chi connectivity index (χ2n) is 18.9. The fraction of sp³-hybridized carbons (Fsp3) is 0.347. The lowest BCUT2D eigenvalue weighted by Gasteiger charge is -2.45. The zero-order chi connectivity index (χ0) is 40.0. The van der Waals surface area contributed by atoms with Gasteiger partial charge in [0.15, 0.2) is 23.0 Å². The van der Waals surface area contributed by atoms with E-state index < -0.39 is 0 Å². The van der Waals surface area contributed by atoms with Gasteiger partial charge in [0.2, 0.25) is 13.6 Å². The SMILES string of the molecule is Cc1cc(C(C)(C)C)cc(C)c1N1c2cc3c(cc2B2c4c1cc(C(C)C)cc4N(c1c(C)cc4c(c1C)OCO4)c1sc4ccc(C(C)(C)C)cc4c12)OCO3. The summed E-state index contributed by atoms with van der Waals surface area (Å²) in [5.74, 6) is 3.52. The Balaban J connectivity index is 1.37. The largest absolute Gasteiger partial charge is 0.454 e. The van der Waals surface area contributed by atoms with Crippen molar-refractivity contribution in [1.82, 2.24) is 0 Å². The van der Waals surface area contributed by atoms with Gasteiger partial charge in [0.1, 0.15) is 0 Å². The Morgan fingerprint density at radius 1 is 0.614 bits per heavy atom. The van der Waals surface area contributed by atoms with E-state index >= 15 is 0 Å². The third-order valence-electron chi connectivity index (χ3n) is 12.6. The van der Waals surface area contributed by atoms with Crippen LogP contribution in [0.25, 0.3) is 10.1 Å². The van der Waals surface area contributed by atoms with Gasteiger partial charge < -0.3 is 28.7 Å². The monoisotopic (exact) mass is 774 g/mol. The van der Waals surface area contributed by atoms with Crippen LogP contribution >= 0.6 is 11.3 Å². The summed E-state index contributed by atoms with van der Waals surface area (Å²) in [5.41, 5.74) is 18.5. The number of fused-ring (bicyclic) bond motifs is 8. The maximum absolute atomic E-state index is 6.20. The first-order valence-corrected chi connectivity index (χ1v) is 21.1. The fourth-order valence-corrected chi connectivity index (χ4v) is 10.9. The van der Waals surface area contributed by atoms with E-state index in [9.17, 15) is 0 Å². The van der Waals surface area contributed by atoms with E-state index in [1.807, 2.05) is 11.3 Å². The first kappa shape index (κ1) is 36.3. The third kappa shape index (κ3) is 5.28. The highest BCUT2D eigenvalue weighted by atomic mass is 32.1. The molecule has 0 aliphatic carbocycles. The zero-order valence-electron chi connectivity index (χ0n) is 35.3. The molecule has 0 saturated carbocycles. The summed E-state index contributed by atoms with van der Waals surface area (Å²) in [4.78, 5) is 5.12. The first-order valence-electron chi connectivity index (χ1n) is 20.3. The number of anilines is 6. The number of aryl methyl sites for hydroxylation is 3. The molecule has 10 rings (SSSR count). The van der Waals surface area contributed by atoms with Crippen LogP contribution in [0.4, 0.5) is 33.4 Å². The predicted octanol–water partition coefficient (Wildman–Crippen LogP) is 11.4. The number of hydrogen-bond donors (Lipinski definition) is 0. The number of hydrogen-bond acceptors (Lipinski definition) is 7. The minimum absolute atomic E-state index is 0.0152. The first-order chi connectivity index (χ1) is 27.0. The van der Waals surface area contributed by atoms with Gasteiger partial charge in [-0.05, 0) is 130 Å². The second kappa shape index (κ2) is 12.2. The molecule has 0 bridgehead atoms. The van der Waals surface area contributed by atoms with Gasteiger partial charge in [0, 0.05) is 33.4 Å². The van der Waals surface area contributed by atoms with Crippen molar-refractivity contribution in [2.24, 2.45) is 0 Å². The molecule has 1 aromatic heterocycles. The van der Waals surface area contributed by atoms with Crippen molar-refractivity contribution < 1.29 is 18.9 Å². The molecule has 290 valence electrons. The molecule has 0 spiro atoms. The van der Waals surface area contributed by atoms with Gasteiger partial charge in [0.05, 0.1) is 16.4 Å². The van der Waals surface area contributed by atoms with E-state index in [2.05, 4.69) is 154 Å². The Bertz CT molecular complexity index is 2690. The van der Waals surface area contributed by atoms with E-state index in [4.69, 9.17) is 18.9 Å². The van der Waals surface area contributed by atoms with Crippen LogP contribution < -0.4 is 45.1 Å². The Hall–Kier alpha value is -5.08. The number of thiophene rings is 1. The number of benzene rings is 5. The average molecular weight is 775 g/mol. The molecule has 4 aliphatic rings. The topological polar surface area (TPSA) is 43.4 Å². The normalized spacial score (nSPS) is 15.1. The van der Waals surface area contributed by atoms with Crippen molar-refractivity contribution in [2.75, 3.05) is 23.4 Å². The maximum atomic E-state index is 6.20. The van der Waals surface area contributed by atoms with Crippen LogP contribution in [-0.4, -0.2) is 20.3 Å². The summed E-state index contributed by atoms with van der Waals surface area (Å²) < 4.78 is 25.8. The molecule has 5 aromatic carbocycles. The molecule has 4 aliphatic heterocycles. The summed E-state index contributed by atoms with van der Waals surface area (Å²) in [6.07, 6.45) is 0. The number of rotatable bonds is 3. The van der Waals surface area contributed by atoms with Gasteiger partial charge >= 0.3 is 0 Å². The molecule has 0 unspecified atom stereocenters. The standard InChI is InChI=1S/C49H51BN2O4S/c1-25(2)30-18-36-43-37(19-30)52(45-28(5)17-40-46(29(45)6)56-24-55-40)47-42(33-20-31(48(7,8)9)13-14-41(33)57-47)50(43)34-21-38-39(54-23-53-38)22-35(34)51(36)44-26(3)15-32(16-27(44)4)49(10,11)12/h13-22,25H,23-24H2,1-12H3. The minimum Gasteiger partial charge on any atom is -0.454 e. The lowest BCUT2D eigenvalue weighted by molar-refractivity contribution is 0.173. The van der Waals surface area contributed by atoms with Crippen molar-refractivity contribution in [3.05, 3.63) is 99.6 Å². The third-order valence-corrected chi connectivity index (χ3v) is 13.8. The molecule has 5 heterocycles. The van der Waals surface area contributed by atoms with Crippen LogP contribution in [-0.2, 0) is 10.8 Å². The van der Waals surface area contributed by atoms with Crippen LogP contribution in [0.15, 0.2) is 60.7 Å². The fourth-order valence-electron chi connectivity index (χ4n) is 9.63. The summed E-state index contributed by atoms with van der Waals surface area (Å²) in [5, 5.41) is 2.54. The van der Waals surface area contributed by atoms with Gasteiger partial charge in [0.25, 0.3) is 6.71 Å². The molecule has 0 saturated heterocycles. The van der Waals surface area contributed by atoms with Crippen molar-refractivity contribution in [1.29, 1.82) is 0 Å². The Kier molecular flexibility index (Phi) is 7.78. The predicted molar refractivity (Wildman–Crippen MR) is 239 cm³/mol. The summed E-state index contributed by atoms with van der Waals surface area (Å²) in [7, 11) is 0. The van der Waals surface area contributed by atoms with E-state index in [-0.39, 0.29) is 37.0 Å². The molecule has 6 aromatic rings. The molecule has 0 radical (unpaired) electrons. The van der Waals surface area contributed by atoms with Gasteiger partial charge in [-0.15, -0.1) is 11.3 Å². The number of ether oxygens (including phenoxy) is 4. The van der Waals surface area contributed by atoms with Crippen molar-refractivity contribution >= 4 is 78.0 Å². The van der Waals surface area contributed by atoms with Gasteiger partial charge in [-0.25, -0.2) is 0 Å². The quantitative estimate of drug-likeness (QED) is 0.167. The molecule has 0 amide bonds. The summed E-state index contributed by atoms with van der Waals surface area (Å²) in [6.45, 7) is 27.8. The maximum Gasteiger partial charge on any atom is 0.254 e. The van der Waals surface area contributed by atoms with Gasteiger partial charge in [-0.1, -0.05) is 79.7 Å². The molecule has 0 atom stereocenters. The van der Waals surface area contributed by atoms with E-state index in [0.717, 1.165) is 45.5 Å². The van der Waals surface area contributed by atoms with Crippen LogP contribution in [0.2, 0.25) is 0 Å².